The predicted octanol–water partition coefficient (Wildman–Crippen LogP) is 5.25. The molecule has 336 valence electrons. The molecule has 3 aromatic rings. The Morgan fingerprint density at radius 3 is 2.32 bits per heavy atom. The number of unbranched alkanes of at least 4 members (excludes halogenated alkanes) is 5. The Hall–Kier alpha value is -6.52. The zero-order valence-electron chi connectivity index (χ0n) is 36.5. The maximum atomic E-state index is 13.2. The third kappa shape index (κ3) is 10.9. The summed E-state index contributed by atoms with van der Waals surface area (Å²) in [5.41, 5.74) is 2.18. The fraction of sp³-hybridized carbons (Fsp3) is 0.478. The number of pyridine rings is 1. The van der Waals surface area contributed by atoms with E-state index >= 15 is 0 Å². The van der Waals surface area contributed by atoms with Gasteiger partial charge >= 0.3 is 0 Å². The van der Waals surface area contributed by atoms with E-state index in [9.17, 15) is 33.6 Å². The molecule has 1 saturated carbocycles. The van der Waals surface area contributed by atoms with Crippen molar-refractivity contribution >= 4 is 64.9 Å². The molecule has 1 aliphatic carbocycles. The number of nitrogens with zero attached hydrogens (tertiary/aromatic N) is 4. The number of aromatic nitrogens is 1. The average molecular weight is 867 g/mol. The number of likely N-dealkylation sites (N-methyl/N-ethyl adjacent to an activating group) is 1. The van der Waals surface area contributed by atoms with Crippen LogP contribution in [0.2, 0.25) is 0 Å². The number of methoxy groups -OCH3 is 1. The smallest absolute Gasteiger partial charge is 0.265 e. The fourth-order valence-corrected chi connectivity index (χ4v) is 8.49. The van der Waals surface area contributed by atoms with E-state index in [1.54, 1.807) is 50.2 Å². The number of amides is 7. The molecule has 1 aromatic heterocycles. The summed E-state index contributed by atoms with van der Waals surface area (Å²) in [4.78, 5) is 96.9. The normalized spacial score (nSPS) is 16.3. The van der Waals surface area contributed by atoms with Gasteiger partial charge in [0.25, 0.3) is 23.6 Å². The zero-order valence-corrected chi connectivity index (χ0v) is 36.5. The van der Waals surface area contributed by atoms with Gasteiger partial charge in [0.15, 0.2) is 12.4 Å². The summed E-state index contributed by atoms with van der Waals surface area (Å²) in [5, 5.41) is 11.2. The second-order valence-electron chi connectivity index (χ2n) is 16.2. The minimum atomic E-state index is -0.599. The highest BCUT2D eigenvalue weighted by atomic mass is 16.5. The fourth-order valence-electron chi connectivity index (χ4n) is 8.49. The highest BCUT2D eigenvalue weighted by Gasteiger charge is 2.41. The van der Waals surface area contributed by atoms with Crippen LogP contribution in [-0.4, -0.2) is 104 Å². The number of benzene rings is 2. The molecule has 17 heteroatoms. The van der Waals surface area contributed by atoms with Crippen molar-refractivity contribution in [3.63, 3.8) is 0 Å². The summed E-state index contributed by atoms with van der Waals surface area (Å²) >= 11 is 0. The maximum Gasteiger partial charge on any atom is 0.265 e. The molecule has 0 saturated heterocycles. The summed E-state index contributed by atoms with van der Waals surface area (Å²) in [5.74, 6) is -0.0221. The Balaban J connectivity index is 0.864. The van der Waals surface area contributed by atoms with Crippen molar-refractivity contribution < 1.29 is 43.0 Å². The number of rotatable bonds is 22. The third-order valence-electron chi connectivity index (χ3n) is 11.9. The monoisotopic (exact) mass is 866 g/mol. The second kappa shape index (κ2) is 21.5. The first-order chi connectivity index (χ1) is 30.4. The van der Waals surface area contributed by atoms with Crippen molar-refractivity contribution in [3.8, 4) is 11.5 Å². The van der Waals surface area contributed by atoms with Crippen molar-refractivity contribution in [2.24, 2.45) is 0 Å². The van der Waals surface area contributed by atoms with Gasteiger partial charge in [0.2, 0.25) is 18.2 Å². The van der Waals surface area contributed by atoms with E-state index in [0.717, 1.165) is 80.6 Å². The molecule has 0 bridgehead atoms. The topological polar surface area (TPSA) is 209 Å². The molecule has 4 N–H and O–H groups in total. The summed E-state index contributed by atoms with van der Waals surface area (Å²) in [6.07, 6.45) is 10.2. The van der Waals surface area contributed by atoms with Crippen LogP contribution in [0.4, 0.5) is 23.0 Å². The van der Waals surface area contributed by atoms with Gasteiger partial charge in [-0.05, 0) is 88.4 Å². The number of carbonyl (C=O) groups is 7. The van der Waals surface area contributed by atoms with Crippen molar-refractivity contribution in [1.29, 1.82) is 0 Å². The maximum absolute atomic E-state index is 13.2. The Kier molecular flexibility index (Phi) is 15.7. The van der Waals surface area contributed by atoms with Gasteiger partial charge in [0.05, 0.1) is 29.6 Å². The number of ether oxygens (including phenoxy) is 2. The molecule has 0 radical (unpaired) electrons. The van der Waals surface area contributed by atoms with E-state index in [-0.39, 0.29) is 72.5 Å². The van der Waals surface area contributed by atoms with E-state index in [4.69, 9.17) is 14.5 Å². The van der Waals surface area contributed by atoms with Gasteiger partial charge < -0.3 is 35.2 Å². The molecule has 0 spiro atoms. The molecule has 2 atom stereocenters. The van der Waals surface area contributed by atoms with Gasteiger partial charge in [-0.3, -0.25) is 43.8 Å². The minimum Gasteiger partial charge on any atom is -0.495 e. The number of nitrogens with one attached hydrogen (secondary N) is 4. The first-order valence-corrected chi connectivity index (χ1v) is 21.9. The van der Waals surface area contributed by atoms with Crippen LogP contribution < -0.4 is 40.5 Å². The Labute approximate surface area is 367 Å². The van der Waals surface area contributed by atoms with Crippen molar-refractivity contribution in [2.75, 3.05) is 49.0 Å². The Bertz CT molecular complexity index is 2190. The highest BCUT2D eigenvalue weighted by Crippen LogP contribution is 2.40. The molecule has 2 unspecified atom stereocenters. The SMILES string of the molecule is COc1cc(C(=O)NCCCCCCCCNC(=O)COc2cccc3c2C(=O)N(C(C)CCC(=O)NC=O)C3=O)ccc1Nc1ccc2c(n1)N(C1CCCC1)C(C)C(=O)N2C. The lowest BCUT2D eigenvalue weighted by Crippen LogP contribution is -2.54. The van der Waals surface area contributed by atoms with Crippen LogP contribution in [0.5, 0.6) is 11.5 Å². The lowest BCUT2D eigenvalue weighted by atomic mass is 10.1. The van der Waals surface area contributed by atoms with E-state index in [0.29, 0.717) is 35.9 Å². The lowest BCUT2D eigenvalue weighted by molar-refractivity contribution is -0.126. The average Bonchev–Trinajstić information content (AvgIpc) is 3.90. The van der Waals surface area contributed by atoms with Crippen LogP contribution in [0.3, 0.4) is 0 Å². The lowest BCUT2D eigenvalue weighted by Gasteiger charge is -2.42. The van der Waals surface area contributed by atoms with Crippen LogP contribution in [0.25, 0.3) is 0 Å². The molecule has 6 rings (SSSR count). The number of hydrogen-bond donors (Lipinski definition) is 4. The molecule has 2 aliphatic heterocycles. The first-order valence-electron chi connectivity index (χ1n) is 21.9. The third-order valence-corrected chi connectivity index (χ3v) is 11.9. The van der Waals surface area contributed by atoms with E-state index in [2.05, 4.69) is 20.9 Å². The standard InChI is InChI=1S/C46H58N8O9/c1-29(18-23-39(56)49-28-55)53-45(60)33-16-13-17-36(41(33)46(53)61)63-27-40(57)47-24-11-7-5-6-8-12-25-48-43(58)31-19-20-34(37(26-31)62-4)50-38-22-21-35-42(51-38)54(32-14-9-10-15-32)30(2)44(59)52(35)3/h13,16-17,19-22,26,28-30,32H,5-12,14-15,18,23-25,27H2,1-4H3,(H,47,57)(H,48,58)(H,50,51)(H,49,55,56). The number of anilines is 4. The molecule has 3 aliphatic rings. The minimum absolute atomic E-state index is 0.0371. The van der Waals surface area contributed by atoms with E-state index in [1.165, 1.54) is 12.1 Å². The largest absolute Gasteiger partial charge is 0.495 e. The Morgan fingerprint density at radius 1 is 0.889 bits per heavy atom. The van der Waals surface area contributed by atoms with Gasteiger partial charge in [-0.25, -0.2) is 4.98 Å². The van der Waals surface area contributed by atoms with Crippen LogP contribution in [0.1, 0.15) is 122 Å². The molecule has 2 aromatic carbocycles. The van der Waals surface area contributed by atoms with Crippen molar-refractivity contribution in [2.45, 2.75) is 109 Å². The predicted molar refractivity (Wildman–Crippen MR) is 237 cm³/mol. The molecule has 1 fully saturated rings. The van der Waals surface area contributed by atoms with Crippen LogP contribution in [0, 0.1) is 0 Å². The van der Waals surface area contributed by atoms with E-state index in [1.807, 2.05) is 24.4 Å². The highest BCUT2D eigenvalue weighted by molar-refractivity contribution is 6.23. The van der Waals surface area contributed by atoms with E-state index < -0.39 is 23.8 Å². The molecule has 3 heterocycles. The first kappa shape index (κ1) is 46.0. The molecular weight excluding hydrogens is 809 g/mol. The quantitative estimate of drug-likeness (QED) is 0.0580. The summed E-state index contributed by atoms with van der Waals surface area (Å²) in [6.45, 7) is 4.26. The van der Waals surface area contributed by atoms with Crippen molar-refractivity contribution in [1.82, 2.24) is 25.8 Å². The van der Waals surface area contributed by atoms with Crippen molar-refractivity contribution in [3.05, 3.63) is 65.2 Å². The molecule has 7 amide bonds. The van der Waals surface area contributed by atoms with Gasteiger partial charge in [-0.15, -0.1) is 0 Å². The molecular formula is C46H58N8O9. The molecule has 63 heavy (non-hydrogen) atoms. The number of imide groups is 2. The number of carbonyl (C=O) groups excluding carboxylic acids is 7. The second-order valence-corrected chi connectivity index (χ2v) is 16.2. The van der Waals surface area contributed by atoms with Gasteiger partial charge in [0.1, 0.15) is 23.4 Å². The number of hydrogen-bond acceptors (Lipinski definition) is 12. The summed E-state index contributed by atoms with van der Waals surface area (Å²) < 4.78 is 11.3. The molecule has 17 nitrogen and oxygen atoms in total. The zero-order chi connectivity index (χ0) is 45.0. The number of fused-ring (bicyclic) bond motifs is 2. The van der Waals surface area contributed by atoms with Gasteiger partial charge in [0, 0.05) is 44.2 Å². The van der Waals surface area contributed by atoms with Crippen LogP contribution >= 0.6 is 0 Å². The van der Waals surface area contributed by atoms with Gasteiger partial charge in [-0.2, -0.15) is 0 Å². The van der Waals surface area contributed by atoms with Crippen LogP contribution in [0.15, 0.2) is 48.5 Å². The Morgan fingerprint density at radius 2 is 1.60 bits per heavy atom. The van der Waals surface area contributed by atoms with Gasteiger partial charge in [-0.1, -0.05) is 44.6 Å². The summed E-state index contributed by atoms with van der Waals surface area (Å²) in [7, 11) is 3.35. The summed E-state index contributed by atoms with van der Waals surface area (Å²) in [6, 6.07) is 13.0. The van der Waals surface area contributed by atoms with Crippen LogP contribution in [-0.2, 0) is 19.2 Å².